The minimum absolute atomic E-state index is 0.903. The topological polar surface area (TPSA) is 9.23 Å². The molecule has 2 aromatic carbocycles. The van der Waals surface area contributed by atoms with Gasteiger partial charge in [0, 0.05) is 0 Å². The van der Waals surface area contributed by atoms with Crippen LogP contribution >= 0.6 is 0 Å². The second-order valence-corrected chi connectivity index (χ2v) is 4.48. The van der Waals surface area contributed by atoms with E-state index in [-0.39, 0.29) is 0 Å². The van der Waals surface area contributed by atoms with Gasteiger partial charge in [-0.15, -0.1) is 0 Å². The number of hydrogen-bond acceptors (Lipinski definition) is 1. The summed E-state index contributed by atoms with van der Waals surface area (Å²) in [6, 6.07) is 12.7. The van der Waals surface area contributed by atoms with E-state index in [0.29, 0.717) is 0 Å². The predicted molar refractivity (Wildman–Crippen MR) is 72.6 cm³/mol. The molecule has 0 saturated carbocycles. The Bertz CT molecular complexity index is 541. The SMILES string of the molecule is COc1cccc(-c2cc(C)c(C)cc2C)c1. The van der Waals surface area contributed by atoms with Gasteiger partial charge < -0.3 is 4.74 Å². The number of rotatable bonds is 2. The lowest BCUT2D eigenvalue weighted by molar-refractivity contribution is 0.415. The third-order valence-electron chi connectivity index (χ3n) is 3.22. The van der Waals surface area contributed by atoms with Crippen LogP contribution in [0.3, 0.4) is 0 Å². The van der Waals surface area contributed by atoms with Crippen LogP contribution in [0.5, 0.6) is 5.75 Å². The molecule has 0 atom stereocenters. The lowest BCUT2D eigenvalue weighted by atomic mass is 9.95. The van der Waals surface area contributed by atoms with Gasteiger partial charge >= 0.3 is 0 Å². The van der Waals surface area contributed by atoms with E-state index in [1.54, 1.807) is 7.11 Å². The Morgan fingerprint density at radius 1 is 0.824 bits per heavy atom. The third kappa shape index (κ3) is 2.33. The van der Waals surface area contributed by atoms with E-state index < -0.39 is 0 Å². The van der Waals surface area contributed by atoms with Gasteiger partial charge in [-0.25, -0.2) is 0 Å². The summed E-state index contributed by atoms with van der Waals surface area (Å²) in [4.78, 5) is 0. The van der Waals surface area contributed by atoms with E-state index in [4.69, 9.17) is 4.74 Å². The fourth-order valence-electron chi connectivity index (χ4n) is 2.06. The van der Waals surface area contributed by atoms with Crippen LogP contribution in [-0.4, -0.2) is 7.11 Å². The highest BCUT2D eigenvalue weighted by Gasteiger charge is 2.05. The van der Waals surface area contributed by atoms with Gasteiger partial charge in [0.15, 0.2) is 0 Å². The highest BCUT2D eigenvalue weighted by atomic mass is 16.5. The Kier molecular flexibility index (Phi) is 3.19. The molecule has 0 fully saturated rings. The molecule has 0 heterocycles. The molecule has 0 aliphatic heterocycles. The normalized spacial score (nSPS) is 10.4. The van der Waals surface area contributed by atoms with Gasteiger partial charge in [0.25, 0.3) is 0 Å². The van der Waals surface area contributed by atoms with Crippen LogP contribution in [0.4, 0.5) is 0 Å². The van der Waals surface area contributed by atoms with Gasteiger partial charge in [0.05, 0.1) is 7.11 Å². The summed E-state index contributed by atoms with van der Waals surface area (Å²) in [6.45, 7) is 6.46. The van der Waals surface area contributed by atoms with Crippen molar-refractivity contribution in [1.82, 2.24) is 0 Å². The van der Waals surface area contributed by atoms with Crippen LogP contribution in [0.25, 0.3) is 11.1 Å². The molecule has 88 valence electrons. The lowest BCUT2D eigenvalue weighted by Crippen LogP contribution is -1.89. The maximum absolute atomic E-state index is 5.27. The van der Waals surface area contributed by atoms with Crippen molar-refractivity contribution < 1.29 is 4.74 Å². The summed E-state index contributed by atoms with van der Waals surface area (Å²) < 4.78 is 5.27. The Morgan fingerprint density at radius 3 is 2.24 bits per heavy atom. The zero-order chi connectivity index (χ0) is 12.4. The van der Waals surface area contributed by atoms with Gasteiger partial charge in [-0.3, -0.25) is 0 Å². The van der Waals surface area contributed by atoms with Crippen LogP contribution in [0, 0.1) is 20.8 Å². The summed E-state index contributed by atoms with van der Waals surface area (Å²) in [5.74, 6) is 0.903. The Morgan fingerprint density at radius 2 is 1.53 bits per heavy atom. The molecular formula is C16H18O. The van der Waals surface area contributed by atoms with Crippen LogP contribution in [0.1, 0.15) is 16.7 Å². The Balaban J connectivity index is 2.56. The van der Waals surface area contributed by atoms with Crippen molar-refractivity contribution >= 4 is 0 Å². The molecule has 0 N–H and O–H groups in total. The van der Waals surface area contributed by atoms with E-state index in [0.717, 1.165) is 5.75 Å². The summed E-state index contributed by atoms with van der Waals surface area (Å²) in [5, 5.41) is 0. The number of benzene rings is 2. The van der Waals surface area contributed by atoms with Gasteiger partial charge in [-0.05, 0) is 60.7 Å². The molecule has 0 aliphatic carbocycles. The number of aryl methyl sites for hydroxylation is 3. The quantitative estimate of drug-likeness (QED) is 0.742. The summed E-state index contributed by atoms with van der Waals surface area (Å²) in [7, 11) is 1.70. The first-order valence-electron chi connectivity index (χ1n) is 5.84. The first-order valence-corrected chi connectivity index (χ1v) is 5.84. The van der Waals surface area contributed by atoms with E-state index in [9.17, 15) is 0 Å². The Hall–Kier alpha value is -1.76. The highest BCUT2D eigenvalue weighted by molar-refractivity contribution is 5.69. The van der Waals surface area contributed by atoms with Crippen molar-refractivity contribution in [1.29, 1.82) is 0 Å². The highest BCUT2D eigenvalue weighted by Crippen LogP contribution is 2.28. The first-order chi connectivity index (χ1) is 8.11. The Labute approximate surface area is 103 Å². The third-order valence-corrected chi connectivity index (χ3v) is 3.22. The second-order valence-electron chi connectivity index (χ2n) is 4.48. The van der Waals surface area contributed by atoms with E-state index >= 15 is 0 Å². The average Bonchev–Trinajstić information content (AvgIpc) is 2.34. The van der Waals surface area contributed by atoms with E-state index in [1.165, 1.54) is 27.8 Å². The van der Waals surface area contributed by atoms with Crippen molar-refractivity contribution in [2.75, 3.05) is 7.11 Å². The van der Waals surface area contributed by atoms with Crippen molar-refractivity contribution in [3.63, 3.8) is 0 Å². The predicted octanol–water partition coefficient (Wildman–Crippen LogP) is 4.29. The van der Waals surface area contributed by atoms with Crippen molar-refractivity contribution in [3.8, 4) is 16.9 Å². The molecule has 2 aromatic rings. The first kappa shape index (κ1) is 11.7. The van der Waals surface area contributed by atoms with Crippen molar-refractivity contribution in [2.45, 2.75) is 20.8 Å². The smallest absolute Gasteiger partial charge is 0.119 e. The molecule has 17 heavy (non-hydrogen) atoms. The van der Waals surface area contributed by atoms with Crippen LogP contribution < -0.4 is 4.74 Å². The molecule has 0 unspecified atom stereocenters. The van der Waals surface area contributed by atoms with Gasteiger partial charge in [-0.2, -0.15) is 0 Å². The number of ether oxygens (including phenoxy) is 1. The molecule has 0 aromatic heterocycles. The molecule has 1 nitrogen and oxygen atoms in total. The molecule has 0 saturated heterocycles. The zero-order valence-electron chi connectivity index (χ0n) is 10.9. The van der Waals surface area contributed by atoms with Gasteiger partial charge in [-0.1, -0.05) is 24.3 Å². The fraction of sp³-hybridized carbons (Fsp3) is 0.250. The number of methoxy groups -OCH3 is 1. The average molecular weight is 226 g/mol. The molecule has 2 rings (SSSR count). The molecule has 0 amide bonds. The van der Waals surface area contributed by atoms with Crippen LogP contribution in [0.2, 0.25) is 0 Å². The molecule has 0 aliphatic rings. The largest absolute Gasteiger partial charge is 0.497 e. The maximum atomic E-state index is 5.27. The molecule has 0 radical (unpaired) electrons. The van der Waals surface area contributed by atoms with Crippen LogP contribution in [-0.2, 0) is 0 Å². The molecular weight excluding hydrogens is 208 g/mol. The molecule has 0 bridgehead atoms. The standard InChI is InChI=1S/C16H18O/c1-11-8-13(3)16(9-12(11)2)14-6-5-7-15(10-14)17-4/h5-10H,1-4H3. The monoisotopic (exact) mass is 226 g/mol. The fourth-order valence-corrected chi connectivity index (χ4v) is 2.06. The summed E-state index contributed by atoms with van der Waals surface area (Å²) >= 11 is 0. The summed E-state index contributed by atoms with van der Waals surface area (Å²) in [6.07, 6.45) is 0. The summed E-state index contributed by atoms with van der Waals surface area (Å²) in [5.41, 5.74) is 6.47. The van der Waals surface area contributed by atoms with Crippen molar-refractivity contribution in [3.05, 3.63) is 53.1 Å². The lowest BCUT2D eigenvalue weighted by Gasteiger charge is -2.11. The van der Waals surface area contributed by atoms with E-state index in [1.807, 2.05) is 12.1 Å². The van der Waals surface area contributed by atoms with Gasteiger partial charge in [0.2, 0.25) is 0 Å². The number of hydrogen-bond donors (Lipinski definition) is 0. The van der Waals surface area contributed by atoms with Crippen LogP contribution in [0.15, 0.2) is 36.4 Å². The van der Waals surface area contributed by atoms with E-state index in [2.05, 4.69) is 45.0 Å². The molecule has 0 spiro atoms. The minimum atomic E-state index is 0.903. The molecule has 1 heteroatoms. The maximum Gasteiger partial charge on any atom is 0.119 e. The zero-order valence-corrected chi connectivity index (χ0v) is 10.9. The van der Waals surface area contributed by atoms with Crippen molar-refractivity contribution in [2.24, 2.45) is 0 Å². The van der Waals surface area contributed by atoms with Gasteiger partial charge in [0.1, 0.15) is 5.75 Å². The second kappa shape index (κ2) is 4.62. The minimum Gasteiger partial charge on any atom is -0.497 e.